The van der Waals surface area contributed by atoms with Crippen LogP contribution in [0, 0.1) is 5.92 Å². The van der Waals surface area contributed by atoms with Gasteiger partial charge in [0.05, 0.1) is 11.7 Å². The van der Waals surface area contributed by atoms with Gasteiger partial charge in [0.25, 0.3) is 0 Å². The first-order valence-electron chi connectivity index (χ1n) is 8.01. The number of ether oxygens (including phenoxy) is 1. The van der Waals surface area contributed by atoms with E-state index in [1.807, 2.05) is 7.05 Å². The van der Waals surface area contributed by atoms with E-state index in [0.29, 0.717) is 25.0 Å². The Balaban J connectivity index is 1.74. The zero-order chi connectivity index (χ0) is 14.6. The largest absolute Gasteiger partial charge is 0.388 e. The number of hydrogen-bond acceptors (Lipinski definition) is 3. The molecule has 0 saturated heterocycles. The second-order valence-corrected chi connectivity index (χ2v) is 6.76. The van der Waals surface area contributed by atoms with E-state index in [1.165, 1.54) is 0 Å². The van der Waals surface area contributed by atoms with Crippen molar-refractivity contribution in [2.75, 3.05) is 20.7 Å². The fourth-order valence-electron chi connectivity index (χ4n) is 3.70. The van der Waals surface area contributed by atoms with Gasteiger partial charge in [-0.15, -0.1) is 0 Å². The van der Waals surface area contributed by atoms with Crippen molar-refractivity contribution < 1.29 is 14.6 Å². The van der Waals surface area contributed by atoms with E-state index in [-0.39, 0.29) is 5.91 Å². The van der Waals surface area contributed by atoms with E-state index in [2.05, 4.69) is 0 Å². The van der Waals surface area contributed by atoms with Crippen LogP contribution >= 0.6 is 0 Å². The lowest BCUT2D eigenvalue weighted by atomic mass is 9.85. The van der Waals surface area contributed by atoms with Crippen LogP contribution in [0.4, 0.5) is 0 Å². The maximum absolute atomic E-state index is 12.3. The molecule has 2 aliphatic carbocycles. The van der Waals surface area contributed by atoms with Crippen molar-refractivity contribution in [2.45, 2.75) is 69.5 Å². The minimum absolute atomic E-state index is 0.186. The molecule has 2 rings (SSSR count). The molecule has 0 radical (unpaired) electrons. The van der Waals surface area contributed by atoms with Crippen molar-refractivity contribution in [2.24, 2.45) is 5.92 Å². The van der Waals surface area contributed by atoms with Crippen LogP contribution < -0.4 is 0 Å². The topological polar surface area (TPSA) is 49.8 Å². The Hall–Kier alpha value is -0.610. The number of methoxy groups -OCH3 is 1. The quantitative estimate of drug-likeness (QED) is 0.842. The van der Waals surface area contributed by atoms with E-state index in [4.69, 9.17) is 4.74 Å². The Kier molecular flexibility index (Phi) is 5.44. The lowest BCUT2D eigenvalue weighted by molar-refractivity contribution is -0.134. The normalized spacial score (nSPS) is 29.4. The Bertz CT molecular complexity index is 318. The Morgan fingerprint density at radius 2 is 1.85 bits per heavy atom. The molecule has 0 heterocycles. The second-order valence-electron chi connectivity index (χ2n) is 6.76. The average Bonchev–Trinajstić information content (AvgIpc) is 2.86. The van der Waals surface area contributed by atoms with Crippen molar-refractivity contribution in [3.63, 3.8) is 0 Å². The molecule has 0 bridgehead atoms. The third kappa shape index (κ3) is 4.19. The summed E-state index contributed by atoms with van der Waals surface area (Å²) in [7, 11) is 3.60. The number of amides is 1. The third-order valence-corrected chi connectivity index (χ3v) is 5.08. The van der Waals surface area contributed by atoms with E-state index < -0.39 is 5.60 Å². The molecule has 4 heteroatoms. The van der Waals surface area contributed by atoms with Crippen LogP contribution in [-0.4, -0.2) is 48.3 Å². The van der Waals surface area contributed by atoms with Gasteiger partial charge in [0.1, 0.15) is 0 Å². The number of hydrogen-bond donors (Lipinski definition) is 1. The molecular formula is C16H29NO3. The zero-order valence-electron chi connectivity index (χ0n) is 12.9. The van der Waals surface area contributed by atoms with Gasteiger partial charge in [-0.3, -0.25) is 4.79 Å². The number of likely N-dealkylation sites (N-methyl/N-ethyl adjacent to an activating group) is 1. The highest BCUT2D eigenvalue weighted by molar-refractivity contribution is 5.76. The van der Waals surface area contributed by atoms with Crippen molar-refractivity contribution in [1.29, 1.82) is 0 Å². The summed E-state index contributed by atoms with van der Waals surface area (Å²) < 4.78 is 5.37. The monoisotopic (exact) mass is 283 g/mol. The smallest absolute Gasteiger partial charge is 0.222 e. The fraction of sp³-hybridized carbons (Fsp3) is 0.938. The Labute approximate surface area is 122 Å². The first-order valence-corrected chi connectivity index (χ1v) is 8.01. The maximum Gasteiger partial charge on any atom is 0.222 e. The van der Waals surface area contributed by atoms with Crippen LogP contribution in [0.25, 0.3) is 0 Å². The summed E-state index contributed by atoms with van der Waals surface area (Å²) in [6, 6.07) is 0. The molecule has 2 saturated carbocycles. The summed E-state index contributed by atoms with van der Waals surface area (Å²) in [4.78, 5) is 14.0. The van der Waals surface area contributed by atoms with Crippen LogP contribution in [0.1, 0.15) is 57.8 Å². The Morgan fingerprint density at radius 1 is 1.25 bits per heavy atom. The third-order valence-electron chi connectivity index (χ3n) is 5.08. The SMILES string of the molecule is COC1CCC(CC(=O)N(C)CC2(O)CCCC2)CC1. The molecular weight excluding hydrogens is 254 g/mol. The number of rotatable bonds is 5. The minimum atomic E-state index is -0.627. The van der Waals surface area contributed by atoms with Gasteiger partial charge in [-0.1, -0.05) is 12.8 Å². The molecule has 0 aromatic heterocycles. The molecule has 2 aliphatic rings. The molecule has 2 fully saturated rings. The van der Waals surface area contributed by atoms with Gasteiger partial charge < -0.3 is 14.7 Å². The van der Waals surface area contributed by atoms with E-state index >= 15 is 0 Å². The van der Waals surface area contributed by atoms with E-state index in [1.54, 1.807) is 12.0 Å². The maximum atomic E-state index is 12.3. The molecule has 1 amide bonds. The van der Waals surface area contributed by atoms with Crippen molar-refractivity contribution in [3.8, 4) is 0 Å². The number of nitrogens with zero attached hydrogens (tertiary/aromatic N) is 1. The van der Waals surface area contributed by atoms with Gasteiger partial charge in [-0.25, -0.2) is 0 Å². The van der Waals surface area contributed by atoms with Gasteiger partial charge in [0.15, 0.2) is 0 Å². The molecule has 116 valence electrons. The van der Waals surface area contributed by atoms with E-state index in [9.17, 15) is 9.90 Å². The van der Waals surface area contributed by atoms with Gasteiger partial charge in [0, 0.05) is 27.1 Å². The molecule has 0 aromatic carbocycles. The predicted molar refractivity (Wildman–Crippen MR) is 78.4 cm³/mol. The van der Waals surface area contributed by atoms with Crippen molar-refractivity contribution in [3.05, 3.63) is 0 Å². The first-order chi connectivity index (χ1) is 9.52. The molecule has 1 N–H and O–H groups in total. The number of aliphatic hydroxyl groups is 1. The highest BCUT2D eigenvalue weighted by Crippen LogP contribution is 2.31. The van der Waals surface area contributed by atoms with Crippen molar-refractivity contribution in [1.82, 2.24) is 4.90 Å². The minimum Gasteiger partial charge on any atom is -0.388 e. The summed E-state index contributed by atoms with van der Waals surface area (Å²) in [5, 5.41) is 10.4. The van der Waals surface area contributed by atoms with Crippen molar-refractivity contribution >= 4 is 5.91 Å². The summed E-state index contributed by atoms with van der Waals surface area (Å²) in [5.41, 5.74) is -0.627. The molecule has 20 heavy (non-hydrogen) atoms. The lowest BCUT2D eigenvalue weighted by Gasteiger charge is -2.31. The summed E-state index contributed by atoms with van der Waals surface area (Å²) in [5.74, 6) is 0.681. The molecule has 0 atom stereocenters. The summed E-state index contributed by atoms with van der Waals surface area (Å²) >= 11 is 0. The van der Waals surface area contributed by atoms with E-state index in [0.717, 1.165) is 51.4 Å². The van der Waals surface area contributed by atoms with Gasteiger partial charge in [-0.2, -0.15) is 0 Å². The summed E-state index contributed by atoms with van der Waals surface area (Å²) in [6.45, 7) is 0.499. The summed E-state index contributed by atoms with van der Waals surface area (Å²) in [6.07, 6.45) is 9.17. The van der Waals surface area contributed by atoms with Crippen LogP contribution in [0.3, 0.4) is 0 Å². The fourth-order valence-corrected chi connectivity index (χ4v) is 3.70. The molecule has 0 spiro atoms. The lowest BCUT2D eigenvalue weighted by Crippen LogP contribution is -2.42. The standard InChI is InChI=1S/C16H29NO3/c1-17(12-16(19)9-3-4-10-16)15(18)11-13-5-7-14(20-2)8-6-13/h13-14,19H,3-12H2,1-2H3. The Morgan fingerprint density at radius 3 is 2.40 bits per heavy atom. The first kappa shape index (κ1) is 15.8. The highest BCUT2D eigenvalue weighted by Gasteiger charge is 2.34. The van der Waals surface area contributed by atoms with Crippen LogP contribution in [0.15, 0.2) is 0 Å². The van der Waals surface area contributed by atoms with Gasteiger partial charge in [0.2, 0.25) is 5.91 Å². The van der Waals surface area contributed by atoms with Crippen LogP contribution in [0.2, 0.25) is 0 Å². The van der Waals surface area contributed by atoms with Gasteiger partial charge >= 0.3 is 0 Å². The molecule has 0 aliphatic heterocycles. The second kappa shape index (κ2) is 6.90. The molecule has 0 unspecified atom stereocenters. The average molecular weight is 283 g/mol. The predicted octanol–water partition coefficient (Wildman–Crippen LogP) is 2.35. The molecule has 0 aromatic rings. The van der Waals surface area contributed by atoms with Gasteiger partial charge in [-0.05, 0) is 44.4 Å². The number of carbonyl (C=O) groups is 1. The highest BCUT2D eigenvalue weighted by atomic mass is 16.5. The van der Waals surface area contributed by atoms with Crippen LogP contribution in [-0.2, 0) is 9.53 Å². The zero-order valence-corrected chi connectivity index (χ0v) is 12.9. The van der Waals surface area contributed by atoms with Crippen LogP contribution in [0.5, 0.6) is 0 Å². The number of carbonyl (C=O) groups excluding carboxylic acids is 1. The molecule has 4 nitrogen and oxygen atoms in total.